The highest BCUT2D eigenvalue weighted by atomic mass is 32.2. The highest BCUT2D eigenvalue weighted by Crippen LogP contribution is 2.40. The van der Waals surface area contributed by atoms with E-state index in [2.05, 4.69) is 16.4 Å². The van der Waals surface area contributed by atoms with Crippen molar-refractivity contribution >= 4 is 45.1 Å². The summed E-state index contributed by atoms with van der Waals surface area (Å²) >= 11 is 3.18. The molecule has 0 atom stereocenters. The minimum Gasteiger partial charge on any atom is -0.508 e. The Morgan fingerprint density at radius 2 is 1.91 bits per heavy atom. The maximum Gasteiger partial charge on any atom is 0.121 e. The Bertz CT molecular complexity index is 852. The summed E-state index contributed by atoms with van der Waals surface area (Å²) in [6, 6.07) is 16.0. The summed E-state index contributed by atoms with van der Waals surface area (Å²) in [5.41, 5.74) is 2.03. The third-order valence-corrected chi connectivity index (χ3v) is 5.22. The number of fused-ring (bicyclic) bond motifs is 2. The number of thioether (sulfide) groups is 1. The highest BCUT2D eigenvalue weighted by molar-refractivity contribution is 8.03. The van der Waals surface area contributed by atoms with Crippen molar-refractivity contribution in [1.82, 2.24) is 4.98 Å². The lowest BCUT2D eigenvalue weighted by molar-refractivity contribution is 0.437. The van der Waals surface area contributed by atoms with Gasteiger partial charge in [-0.2, -0.15) is 0 Å². The fourth-order valence-electron chi connectivity index (χ4n) is 2.26. The molecule has 1 aromatic heterocycles. The molecule has 108 valence electrons. The first-order valence-corrected chi connectivity index (χ1v) is 8.43. The lowest BCUT2D eigenvalue weighted by Crippen LogP contribution is -1.89. The Hall–Kier alpha value is -2.24. The van der Waals surface area contributed by atoms with Crippen LogP contribution >= 0.6 is 23.1 Å². The monoisotopic (exact) mass is 324 g/mol. The van der Waals surface area contributed by atoms with Crippen LogP contribution in [0.5, 0.6) is 0 Å². The number of benzene rings is 2. The number of aromatic nitrogens is 1. The predicted molar refractivity (Wildman–Crippen MR) is 94.2 cm³/mol. The molecule has 0 amide bonds. The predicted octanol–water partition coefficient (Wildman–Crippen LogP) is 5.25. The van der Waals surface area contributed by atoms with Gasteiger partial charge >= 0.3 is 0 Å². The molecule has 0 radical (unpaired) electrons. The molecule has 0 bridgehead atoms. The summed E-state index contributed by atoms with van der Waals surface area (Å²) in [4.78, 5) is 5.66. The first-order valence-electron chi connectivity index (χ1n) is 6.80. The minimum absolute atomic E-state index is 0.196. The van der Waals surface area contributed by atoms with Crippen LogP contribution in [0.2, 0.25) is 0 Å². The molecule has 4 rings (SSSR count). The normalized spacial score (nSPS) is 16.0. The maximum atomic E-state index is 10.2. The van der Waals surface area contributed by atoms with Gasteiger partial charge in [0.15, 0.2) is 0 Å². The average Bonchev–Trinajstić information content (AvgIpc) is 3.08. The van der Waals surface area contributed by atoms with Crippen molar-refractivity contribution in [2.45, 2.75) is 4.90 Å². The largest absolute Gasteiger partial charge is 0.508 e. The molecule has 1 aliphatic heterocycles. The lowest BCUT2D eigenvalue weighted by atomic mass is 10.3. The van der Waals surface area contributed by atoms with Crippen LogP contribution in [0.15, 0.2) is 70.3 Å². The second-order valence-corrected chi connectivity index (χ2v) is 6.97. The number of para-hydroxylation sites is 2. The minimum atomic E-state index is 0.196. The van der Waals surface area contributed by atoms with Gasteiger partial charge in [-0.1, -0.05) is 36.0 Å². The van der Waals surface area contributed by atoms with Gasteiger partial charge in [0.1, 0.15) is 10.8 Å². The summed E-state index contributed by atoms with van der Waals surface area (Å²) in [6.45, 7) is 0. The molecule has 3 nitrogen and oxygen atoms in total. The van der Waals surface area contributed by atoms with E-state index in [-0.39, 0.29) is 5.76 Å². The number of rotatable bonds is 2. The summed E-state index contributed by atoms with van der Waals surface area (Å²) in [5, 5.41) is 15.2. The second kappa shape index (κ2) is 5.51. The molecule has 3 aromatic rings. The molecule has 5 heteroatoms. The Morgan fingerprint density at radius 1 is 1.09 bits per heavy atom. The smallest absolute Gasteiger partial charge is 0.121 e. The molecule has 0 spiro atoms. The molecule has 2 heterocycles. The summed E-state index contributed by atoms with van der Waals surface area (Å²) in [7, 11) is 0. The van der Waals surface area contributed by atoms with Crippen molar-refractivity contribution < 1.29 is 5.11 Å². The van der Waals surface area contributed by atoms with Crippen LogP contribution in [0.25, 0.3) is 16.3 Å². The van der Waals surface area contributed by atoms with Crippen LogP contribution in [-0.2, 0) is 0 Å². The zero-order valence-electron chi connectivity index (χ0n) is 11.5. The molecule has 0 fully saturated rings. The van der Waals surface area contributed by atoms with Crippen molar-refractivity contribution in [2.75, 3.05) is 5.32 Å². The molecule has 2 aromatic carbocycles. The Balaban J connectivity index is 1.59. The molecule has 1 aliphatic rings. The number of thiazole rings is 1. The maximum absolute atomic E-state index is 10.2. The number of hydrogen-bond acceptors (Lipinski definition) is 5. The Kier molecular flexibility index (Phi) is 3.36. The van der Waals surface area contributed by atoms with Crippen LogP contribution in [0.4, 0.5) is 5.69 Å². The number of nitrogens with zero attached hydrogens (tertiary/aromatic N) is 1. The molecular weight excluding hydrogens is 312 g/mol. The van der Waals surface area contributed by atoms with Crippen molar-refractivity contribution in [3.63, 3.8) is 0 Å². The van der Waals surface area contributed by atoms with E-state index in [1.54, 1.807) is 35.3 Å². The van der Waals surface area contributed by atoms with Crippen LogP contribution in [-0.4, -0.2) is 10.1 Å². The van der Waals surface area contributed by atoms with Gasteiger partial charge in [0.25, 0.3) is 0 Å². The van der Waals surface area contributed by atoms with Crippen molar-refractivity contribution in [3.05, 3.63) is 70.4 Å². The molecule has 22 heavy (non-hydrogen) atoms. The number of aliphatic hydroxyl groups excluding tert-OH is 1. The van der Waals surface area contributed by atoms with Crippen LogP contribution in [0.3, 0.4) is 0 Å². The first kappa shape index (κ1) is 13.4. The topological polar surface area (TPSA) is 45.2 Å². The van der Waals surface area contributed by atoms with Gasteiger partial charge in [-0.25, -0.2) is 4.98 Å². The van der Waals surface area contributed by atoms with E-state index >= 15 is 0 Å². The summed E-state index contributed by atoms with van der Waals surface area (Å²) < 4.78 is 1.12. The van der Waals surface area contributed by atoms with Crippen LogP contribution < -0.4 is 5.32 Å². The van der Waals surface area contributed by atoms with E-state index in [0.29, 0.717) is 0 Å². The third-order valence-electron chi connectivity index (χ3n) is 3.23. The fourth-order valence-corrected chi connectivity index (χ4v) is 4.12. The number of hydrogen-bond donors (Lipinski definition) is 2. The average molecular weight is 324 g/mol. The molecule has 0 unspecified atom stereocenters. The van der Waals surface area contributed by atoms with E-state index in [4.69, 9.17) is 0 Å². The van der Waals surface area contributed by atoms with Crippen molar-refractivity contribution in [2.24, 2.45) is 0 Å². The van der Waals surface area contributed by atoms with E-state index in [0.717, 1.165) is 25.9 Å². The molecule has 2 N–H and O–H groups in total. The van der Waals surface area contributed by atoms with E-state index < -0.39 is 0 Å². The zero-order chi connectivity index (χ0) is 14.9. The number of allylic oxidation sites excluding steroid dienone is 1. The third kappa shape index (κ3) is 2.61. The SMILES string of the molecule is OC(=Cc1nc2ccccc2s1)/C=C1/Nc2ccccc2S1. The van der Waals surface area contributed by atoms with Crippen molar-refractivity contribution in [3.8, 4) is 0 Å². The van der Waals surface area contributed by atoms with Crippen molar-refractivity contribution in [1.29, 1.82) is 0 Å². The van der Waals surface area contributed by atoms with Gasteiger partial charge in [0.05, 0.1) is 20.9 Å². The van der Waals surface area contributed by atoms with E-state index in [1.165, 1.54) is 4.90 Å². The Labute approximate surface area is 136 Å². The van der Waals surface area contributed by atoms with E-state index in [9.17, 15) is 5.11 Å². The van der Waals surface area contributed by atoms with Crippen LogP contribution in [0, 0.1) is 0 Å². The second-order valence-electron chi connectivity index (χ2n) is 4.82. The molecule has 0 aliphatic carbocycles. The first-order chi connectivity index (χ1) is 10.8. The van der Waals surface area contributed by atoms with Crippen LogP contribution in [0.1, 0.15) is 5.01 Å². The van der Waals surface area contributed by atoms with Gasteiger partial charge in [0.2, 0.25) is 0 Å². The van der Waals surface area contributed by atoms with Gasteiger partial charge in [-0.15, -0.1) is 11.3 Å². The quantitative estimate of drug-likeness (QED) is 0.632. The van der Waals surface area contributed by atoms with Gasteiger partial charge in [-0.05, 0) is 24.3 Å². The van der Waals surface area contributed by atoms with Gasteiger partial charge in [-0.3, -0.25) is 0 Å². The highest BCUT2D eigenvalue weighted by Gasteiger charge is 2.14. The van der Waals surface area contributed by atoms with Gasteiger partial charge in [0, 0.05) is 17.0 Å². The summed E-state index contributed by atoms with van der Waals surface area (Å²) in [6.07, 6.45) is 3.43. The lowest BCUT2D eigenvalue weighted by Gasteiger charge is -1.97. The van der Waals surface area contributed by atoms with Gasteiger partial charge < -0.3 is 10.4 Å². The zero-order valence-corrected chi connectivity index (χ0v) is 13.1. The van der Waals surface area contributed by atoms with E-state index in [1.807, 2.05) is 42.5 Å². The standard InChI is InChI=1S/C17H12N2OS2/c20-11(9-16-18-12-5-1-3-7-14(12)21-16)10-17-19-13-6-2-4-8-15(13)22-17/h1-10,18,20H/b11-10?,16-9-. The molecular formula is C17H12N2OS2. The number of anilines is 1. The number of nitrogens with one attached hydrogen (secondary N) is 1. The number of aliphatic hydroxyl groups is 1. The fraction of sp³-hybridized carbons (Fsp3) is 0. The molecule has 0 saturated carbocycles. The molecule has 0 saturated heterocycles. The Morgan fingerprint density at radius 3 is 2.77 bits per heavy atom. The summed E-state index contributed by atoms with van der Waals surface area (Å²) in [5.74, 6) is 0.196.